The van der Waals surface area contributed by atoms with Crippen molar-refractivity contribution in [2.24, 2.45) is 0 Å². The number of aromatic nitrogens is 3. The molecule has 0 amide bonds. The van der Waals surface area contributed by atoms with Crippen LogP contribution in [-0.2, 0) is 5.41 Å². The smallest absolute Gasteiger partial charge is 0.234 e. The molecule has 8 aromatic carbocycles. The Kier molecular flexibility index (Phi) is 6.60. The maximum atomic E-state index is 4.87. The van der Waals surface area contributed by atoms with Crippen LogP contribution >= 0.6 is 0 Å². The van der Waals surface area contributed by atoms with Gasteiger partial charge in [0.25, 0.3) is 0 Å². The first-order valence-corrected chi connectivity index (χ1v) is 18.7. The minimum Gasteiger partial charge on any atom is -0.283 e. The van der Waals surface area contributed by atoms with Crippen molar-refractivity contribution >= 4 is 38.2 Å². The van der Waals surface area contributed by atoms with Gasteiger partial charge in [-0.1, -0.05) is 153 Å². The van der Waals surface area contributed by atoms with E-state index in [0.29, 0.717) is 5.78 Å². The average molecular weight is 690 g/mol. The molecular weight excluding hydrogens is 655 g/mol. The quantitative estimate of drug-likeness (QED) is 0.172. The van der Waals surface area contributed by atoms with Crippen LogP contribution in [0.5, 0.6) is 0 Å². The van der Waals surface area contributed by atoms with E-state index in [1.54, 1.807) is 0 Å². The lowest BCUT2D eigenvalue weighted by molar-refractivity contribution is 0.661. The van der Waals surface area contributed by atoms with E-state index >= 15 is 0 Å². The Morgan fingerprint density at radius 2 is 1.04 bits per heavy atom. The number of rotatable bonds is 4. The molecule has 0 unspecified atom stereocenters. The largest absolute Gasteiger partial charge is 0.283 e. The summed E-state index contributed by atoms with van der Waals surface area (Å²) in [5, 5.41) is 6.24. The number of imidazole rings is 1. The van der Waals surface area contributed by atoms with Crippen LogP contribution in [0.1, 0.15) is 25.0 Å². The van der Waals surface area contributed by atoms with E-state index in [9.17, 15) is 0 Å². The summed E-state index contributed by atoms with van der Waals surface area (Å²) >= 11 is 0. The fourth-order valence-electron chi connectivity index (χ4n) is 8.97. The highest BCUT2D eigenvalue weighted by atomic mass is 15.1. The van der Waals surface area contributed by atoms with Gasteiger partial charge in [-0.25, -0.2) is 9.97 Å². The average Bonchev–Trinajstić information content (AvgIpc) is 3.76. The van der Waals surface area contributed by atoms with Crippen LogP contribution in [0, 0.1) is 0 Å². The Labute approximate surface area is 313 Å². The van der Waals surface area contributed by atoms with Crippen molar-refractivity contribution in [3.63, 3.8) is 0 Å². The van der Waals surface area contributed by atoms with E-state index in [2.05, 4.69) is 187 Å². The van der Waals surface area contributed by atoms with Crippen LogP contribution in [0.25, 0.3) is 94.0 Å². The van der Waals surface area contributed by atoms with Crippen molar-refractivity contribution in [3.05, 3.63) is 187 Å². The molecule has 10 aromatic rings. The third-order valence-corrected chi connectivity index (χ3v) is 11.7. The predicted octanol–water partition coefficient (Wildman–Crippen LogP) is 13.2. The van der Waals surface area contributed by atoms with E-state index in [1.165, 1.54) is 77.2 Å². The van der Waals surface area contributed by atoms with Gasteiger partial charge in [0.1, 0.15) is 0 Å². The Morgan fingerprint density at radius 1 is 0.463 bits per heavy atom. The van der Waals surface area contributed by atoms with Gasteiger partial charge < -0.3 is 0 Å². The maximum Gasteiger partial charge on any atom is 0.234 e. The Hall–Kier alpha value is -6.84. The third kappa shape index (κ3) is 4.55. The van der Waals surface area contributed by atoms with Gasteiger partial charge in [0.15, 0.2) is 0 Å². The molecule has 3 nitrogen and oxygen atoms in total. The molecular formula is C51H35N3. The monoisotopic (exact) mass is 689 g/mol. The summed E-state index contributed by atoms with van der Waals surface area (Å²) in [5.41, 5.74) is 15.8. The third-order valence-electron chi connectivity index (χ3n) is 11.7. The Balaban J connectivity index is 1.05. The van der Waals surface area contributed by atoms with Gasteiger partial charge in [-0.3, -0.25) is 4.40 Å². The maximum absolute atomic E-state index is 4.87. The number of benzene rings is 8. The molecule has 0 fully saturated rings. The van der Waals surface area contributed by atoms with E-state index in [1.807, 2.05) is 12.3 Å². The molecule has 0 radical (unpaired) electrons. The summed E-state index contributed by atoms with van der Waals surface area (Å²) in [4.78, 5) is 9.48. The van der Waals surface area contributed by atoms with Crippen LogP contribution in [0.15, 0.2) is 176 Å². The van der Waals surface area contributed by atoms with Crippen molar-refractivity contribution in [1.29, 1.82) is 0 Å². The second kappa shape index (κ2) is 11.6. The molecule has 54 heavy (non-hydrogen) atoms. The molecule has 0 N–H and O–H groups in total. The highest BCUT2D eigenvalue weighted by Crippen LogP contribution is 2.54. The highest BCUT2D eigenvalue weighted by molar-refractivity contribution is 6.22. The van der Waals surface area contributed by atoms with E-state index in [-0.39, 0.29) is 5.41 Å². The molecule has 2 aromatic heterocycles. The zero-order valence-electron chi connectivity index (χ0n) is 30.1. The van der Waals surface area contributed by atoms with Crippen molar-refractivity contribution in [2.45, 2.75) is 19.3 Å². The normalized spacial score (nSPS) is 13.1. The van der Waals surface area contributed by atoms with Gasteiger partial charge in [0.2, 0.25) is 5.78 Å². The standard InChI is InChI=1S/C51H35N3/c1-51(2)44-27-36(32-21-23-33(24-22-32)46-31-54-47-20-12-9-17-37(47)30-52-50(54)53-46)25-26-38(44)41-28-42-43(29-45(41)51)49(35-15-7-4-8-16-35)40-19-11-10-18-39(40)48(42)34-13-5-3-6-14-34/h3-31H,1-2H3. The topological polar surface area (TPSA) is 30.2 Å². The van der Waals surface area contributed by atoms with Gasteiger partial charge in [-0.15, -0.1) is 0 Å². The zero-order valence-corrected chi connectivity index (χ0v) is 30.1. The highest BCUT2D eigenvalue weighted by Gasteiger charge is 2.37. The van der Waals surface area contributed by atoms with Gasteiger partial charge in [0.05, 0.1) is 11.2 Å². The number of fused-ring (bicyclic) bond motifs is 8. The van der Waals surface area contributed by atoms with Gasteiger partial charge >= 0.3 is 0 Å². The van der Waals surface area contributed by atoms with Crippen LogP contribution in [0.2, 0.25) is 0 Å². The lowest BCUT2D eigenvalue weighted by Crippen LogP contribution is -2.15. The molecule has 2 heterocycles. The lowest BCUT2D eigenvalue weighted by Gasteiger charge is -2.24. The van der Waals surface area contributed by atoms with Gasteiger partial charge in [-0.2, -0.15) is 0 Å². The summed E-state index contributed by atoms with van der Waals surface area (Å²) in [6.07, 6.45) is 3.99. The predicted molar refractivity (Wildman–Crippen MR) is 225 cm³/mol. The fourth-order valence-corrected chi connectivity index (χ4v) is 8.97. The van der Waals surface area contributed by atoms with Crippen molar-refractivity contribution in [3.8, 4) is 55.8 Å². The summed E-state index contributed by atoms with van der Waals surface area (Å²) in [6, 6.07) is 59.9. The van der Waals surface area contributed by atoms with Gasteiger partial charge in [0, 0.05) is 28.8 Å². The minimum absolute atomic E-state index is 0.187. The lowest BCUT2D eigenvalue weighted by atomic mass is 9.79. The molecule has 254 valence electrons. The number of hydrogen-bond acceptors (Lipinski definition) is 2. The molecule has 1 aliphatic rings. The minimum atomic E-state index is -0.187. The van der Waals surface area contributed by atoms with E-state index in [4.69, 9.17) is 4.98 Å². The first kappa shape index (κ1) is 30.8. The van der Waals surface area contributed by atoms with Crippen LogP contribution < -0.4 is 0 Å². The molecule has 0 atom stereocenters. The molecule has 0 saturated heterocycles. The first-order chi connectivity index (χ1) is 26.5. The Bertz CT molecular complexity index is 3100. The molecule has 3 heteroatoms. The molecule has 0 saturated carbocycles. The van der Waals surface area contributed by atoms with E-state index < -0.39 is 0 Å². The molecule has 0 aliphatic heterocycles. The molecule has 0 bridgehead atoms. The number of para-hydroxylation sites is 1. The van der Waals surface area contributed by atoms with Crippen molar-refractivity contribution < 1.29 is 0 Å². The Morgan fingerprint density at radius 3 is 1.74 bits per heavy atom. The van der Waals surface area contributed by atoms with Crippen LogP contribution in [-0.4, -0.2) is 14.4 Å². The molecule has 0 spiro atoms. The SMILES string of the molecule is CC1(C)c2cc(-c3ccc(-c4cn5c(ncc6ccccc65)n4)cc3)ccc2-c2cc3c(-c4ccccc4)c4ccccc4c(-c4ccccc4)c3cc21. The molecule has 1 aliphatic carbocycles. The van der Waals surface area contributed by atoms with Crippen LogP contribution in [0.4, 0.5) is 0 Å². The van der Waals surface area contributed by atoms with E-state index in [0.717, 1.165) is 22.2 Å². The summed E-state index contributed by atoms with van der Waals surface area (Å²) in [6.45, 7) is 4.78. The number of hydrogen-bond donors (Lipinski definition) is 0. The first-order valence-electron chi connectivity index (χ1n) is 18.7. The fraction of sp³-hybridized carbons (Fsp3) is 0.0588. The second-order valence-electron chi connectivity index (χ2n) is 15.0. The zero-order chi connectivity index (χ0) is 36.0. The number of nitrogens with zero attached hydrogens (tertiary/aromatic N) is 3. The summed E-state index contributed by atoms with van der Waals surface area (Å²) < 4.78 is 2.08. The van der Waals surface area contributed by atoms with Gasteiger partial charge in [-0.05, 0) is 101 Å². The van der Waals surface area contributed by atoms with Crippen molar-refractivity contribution in [1.82, 2.24) is 14.4 Å². The van der Waals surface area contributed by atoms with Crippen molar-refractivity contribution in [2.75, 3.05) is 0 Å². The second-order valence-corrected chi connectivity index (χ2v) is 15.0. The molecule has 11 rings (SSSR count). The summed E-state index contributed by atoms with van der Waals surface area (Å²) in [5.74, 6) is 0.709. The van der Waals surface area contributed by atoms with Crippen LogP contribution in [0.3, 0.4) is 0 Å². The summed E-state index contributed by atoms with van der Waals surface area (Å²) in [7, 11) is 0.